The predicted octanol–water partition coefficient (Wildman–Crippen LogP) is 0.879. The van der Waals surface area contributed by atoms with Gasteiger partial charge in [-0.15, -0.1) is 0 Å². The summed E-state index contributed by atoms with van der Waals surface area (Å²) in [5.41, 5.74) is 0.669. The number of hydrogen-bond acceptors (Lipinski definition) is 5. The van der Waals surface area contributed by atoms with Crippen LogP contribution < -0.4 is 4.74 Å². The minimum Gasteiger partial charge on any atom is -0.491 e. The summed E-state index contributed by atoms with van der Waals surface area (Å²) in [6.07, 6.45) is -0.885. The Morgan fingerprint density at radius 2 is 2.00 bits per heavy atom. The molecule has 0 radical (unpaired) electrons. The fourth-order valence-electron chi connectivity index (χ4n) is 1.84. The number of ether oxygens (including phenoxy) is 2. The van der Waals surface area contributed by atoms with E-state index in [4.69, 9.17) is 19.7 Å². The van der Waals surface area contributed by atoms with Gasteiger partial charge in [-0.1, -0.05) is 12.1 Å². The molecule has 19 heavy (non-hydrogen) atoms. The summed E-state index contributed by atoms with van der Waals surface area (Å²) in [5.74, 6) is 0.588. The zero-order valence-corrected chi connectivity index (χ0v) is 11.2. The molecule has 0 saturated carbocycles. The van der Waals surface area contributed by atoms with Crippen LogP contribution in [0.5, 0.6) is 5.75 Å². The van der Waals surface area contributed by atoms with Gasteiger partial charge in [-0.25, -0.2) is 0 Å². The lowest BCUT2D eigenvalue weighted by Crippen LogP contribution is -2.23. The first-order chi connectivity index (χ1) is 9.22. The largest absolute Gasteiger partial charge is 0.491 e. The first-order valence-corrected chi connectivity index (χ1v) is 6.47. The summed E-state index contributed by atoms with van der Waals surface area (Å²) in [4.78, 5) is 0. The van der Waals surface area contributed by atoms with Crippen molar-refractivity contribution in [3.63, 3.8) is 0 Å². The van der Waals surface area contributed by atoms with E-state index in [1.54, 1.807) is 24.3 Å². The van der Waals surface area contributed by atoms with Crippen LogP contribution in [0.1, 0.15) is 25.0 Å². The third-order valence-corrected chi connectivity index (χ3v) is 2.71. The SMILES string of the molecule is CCO[C@@H](CCO)[C@@H](O)c1cccc(OCCO)c1. The number of aliphatic hydroxyl groups excluding tert-OH is 3. The number of hydrogen-bond donors (Lipinski definition) is 3. The molecular formula is C14H22O5. The van der Waals surface area contributed by atoms with Crippen molar-refractivity contribution in [3.05, 3.63) is 29.8 Å². The molecule has 5 nitrogen and oxygen atoms in total. The van der Waals surface area contributed by atoms with Crippen molar-refractivity contribution >= 4 is 0 Å². The third-order valence-electron chi connectivity index (χ3n) is 2.71. The van der Waals surface area contributed by atoms with Gasteiger partial charge >= 0.3 is 0 Å². The molecule has 0 heterocycles. The zero-order valence-electron chi connectivity index (χ0n) is 11.2. The van der Waals surface area contributed by atoms with Crippen LogP contribution >= 0.6 is 0 Å². The Bertz CT molecular complexity index is 349. The second-order valence-corrected chi connectivity index (χ2v) is 4.10. The van der Waals surface area contributed by atoms with E-state index in [1.165, 1.54) is 0 Å². The Morgan fingerprint density at radius 1 is 1.21 bits per heavy atom. The highest BCUT2D eigenvalue weighted by atomic mass is 16.5. The lowest BCUT2D eigenvalue weighted by molar-refractivity contribution is -0.0449. The van der Waals surface area contributed by atoms with E-state index in [2.05, 4.69) is 0 Å². The zero-order chi connectivity index (χ0) is 14.1. The van der Waals surface area contributed by atoms with Gasteiger partial charge in [-0.05, 0) is 31.0 Å². The van der Waals surface area contributed by atoms with Gasteiger partial charge in [0.25, 0.3) is 0 Å². The summed E-state index contributed by atoms with van der Waals surface area (Å²) < 4.78 is 10.7. The molecule has 3 N–H and O–H groups in total. The normalized spacial score (nSPS) is 14.1. The Morgan fingerprint density at radius 3 is 2.63 bits per heavy atom. The standard InChI is InChI=1S/C14H22O5/c1-2-18-13(6-7-15)14(17)11-4-3-5-12(10-11)19-9-8-16/h3-5,10,13-17H,2,6-9H2,1H3/t13-,14-/m0/s1. The molecule has 5 heteroatoms. The summed E-state index contributed by atoms with van der Waals surface area (Å²) >= 11 is 0. The van der Waals surface area contributed by atoms with Gasteiger partial charge < -0.3 is 24.8 Å². The maximum atomic E-state index is 10.3. The quantitative estimate of drug-likeness (QED) is 0.621. The average molecular weight is 270 g/mol. The van der Waals surface area contributed by atoms with Crippen LogP contribution in [-0.4, -0.2) is 47.9 Å². The van der Waals surface area contributed by atoms with E-state index in [0.717, 1.165) is 0 Å². The summed E-state index contributed by atoms with van der Waals surface area (Å²) in [6, 6.07) is 7.02. The first kappa shape index (κ1) is 15.9. The topological polar surface area (TPSA) is 79.2 Å². The first-order valence-electron chi connectivity index (χ1n) is 6.47. The van der Waals surface area contributed by atoms with Crippen molar-refractivity contribution in [2.45, 2.75) is 25.6 Å². The molecule has 0 amide bonds. The summed E-state index contributed by atoms with van der Waals surface area (Å²) in [7, 11) is 0. The van der Waals surface area contributed by atoms with Crippen LogP contribution in [0.4, 0.5) is 0 Å². The molecule has 1 aromatic rings. The van der Waals surface area contributed by atoms with E-state index >= 15 is 0 Å². The summed E-state index contributed by atoms with van der Waals surface area (Å²) in [5, 5.41) is 27.9. The van der Waals surface area contributed by atoms with Crippen molar-refractivity contribution < 1.29 is 24.8 Å². The molecule has 0 aliphatic heterocycles. The monoisotopic (exact) mass is 270 g/mol. The molecule has 1 aromatic carbocycles. The van der Waals surface area contributed by atoms with E-state index < -0.39 is 12.2 Å². The van der Waals surface area contributed by atoms with Crippen molar-refractivity contribution in [3.8, 4) is 5.75 Å². The maximum Gasteiger partial charge on any atom is 0.119 e. The predicted molar refractivity (Wildman–Crippen MR) is 71.1 cm³/mol. The maximum absolute atomic E-state index is 10.3. The molecule has 0 bridgehead atoms. The van der Waals surface area contributed by atoms with Gasteiger partial charge in [0.2, 0.25) is 0 Å². The molecule has 0 saturated heterocycles. The Labute approximate surface area is 113 Å². The molecule has 0 unspecified atom stereocenters. The fraction of sp³-hybridized carbons (Fsp3) is 0.571. The number of benzene rings is 1. The highest BCUT2D eigenvalue weighted by molar-refractivity contribution is 5.30. The van der Waals surface area contributed by atoms with E-state index in [9.17, 15) is 5.11 Å². The fourth-order valence-corrected chi connectivity index (χ4v) is 1.84. The Kier molecular flexibility index (Phi) is 7.43. The van der Waals surface area contributed by atoms with Crippen molar-refractivity contribution in [1.82, 2.24) is 0 Å². The van der Waals surface area contributed by atoms with Crippen molar-refractivity contribution in [2.75, 3.05) is 26.4 Å². The van der Waals surface area contributed by atoms with Gasteiger partial charge in [0, 0.05) is 13.2 Å². The molecule has 0 aliphatic rings. The smallest absolute Gasteiger partial charge is 0.119 e. The van der Waals surface area contributed by atoms with Crippen molar-refractivity contribution in [1.29, 1.82) is 0 Å². The molecular weight excluding hydrogens is 248 g/mol. The molecule has 0 aromatic heterocycles. The molecule has 0 fully saturated rings. The van der Waals surface area contributed by atoms with Crippen LogP contribution in [0.3, 0.4) is 0 Å². The van der Waals surface area contributed by atoms with Gasteiger partial charge in [0.1, 0.15) is 18.5 Å². The number of aliphatic hydroxyl groups is 3. The Balaban J connectivity index is 2.75. The average Bonchev–Trinajstić information content (AvgIpc) is 2.44. The minimum absolute atomic E-state index is 0.0393. The third kappa shape index (κ3) is 5.16. The van der Waals surface area contributed by atoms with Crippen LogP contribution in [0.2, 0.25) is 0 Å². The van der Waals surface area contributed by atoms with Gasteiger partial charge in [0.05, 0.1) is 12.7 Å². The van der Waals surface area contributed by atoms with Crippen LogP contribution in [0.25, 0.3) is 0 Å². The van der Waals surface area contributed by atoms with Crippen molar-refractivity contribution in [2.24, 2.45) is 0 Å². The molecule has 0 aliphatic carbocycles. The second-order valence-electron chi connectivity index (χ2n) is 4.10. The van der Waals surface area contributed by atoms with Gasteiger partial charge in [-0.2, -0.15) is 0 Å². The second kappa shape index (κ2) is 8.87. The van der Waals surface area contributed by atoms with Crippen LogP contribution in [0.15, 0.2) is 24.3 Å². The molecule has 2 atom stereocenters. The van der Waals surface area contributed by atoms with E-state index in [1.807, 2.05) is 6.92 Å². The highest BCUT2D eigenvalue weighted by Crippen LogP contribution is 2.24. The molecule has 1 rings (SSSR count). The lowest BCUT2D eigenvalue weighted by Gasteiger charge is -2.22. The van der Waals surface area contributed by atoms with Gasteiger partial charge in [0.15, 0.2) is 0 Å². The molecule has 108 valence electrons. The highest BCUT2D eigenvalue weighted by Gasteiger charge is 2.21. The Hall–Kier alpha value is -1.14. The minimum atomic E-state index is -0.815. The molecule has 0 spiro atoms. The van der Waals surface area contributed by atoms with Crippen LogP contribution in [-0.2, 0) is 4.74 Å². The number of rotatable bonds is 9. The van der Waals surface area contributed by atoms with E-state index in [0.29, 0.717) is 24.3 Å². The van der Waals surface area contributed by atoms with E-state index in [-0.39, 0.29) is 19.8 Å². The van der Waals surface area contributed by atoms with Gasteiger partial charge in [-0.3, -0.25) is 0 Å². The van der Waals surface area contributed by atoms with Crippen LogP contribution in [0, 0.1) is 0 Å². The lowest BCUT2D eigenvalue weighted by atomic mass is 10.0. The summed E-state index contributed by atoms with van der Waals surface area (Å²) in [6.45, 7) is 2.44.